The third-order valence-electron chi connectivity index (χ3n) is 2.34. The molecule has 0 spiro atoms. The molecule has 0 saturated heterocycles. The normalized spacial score (nSPS) is 11.6. The second kappa shape index (κ2) is 6.20. The first kappa shape index (κ1) is 12.6. The van der Waals surface area contributed by atoms with Crippen LogP contribution < -0.4 is 0 Å². The lowest BCUT2D eigenvalue weighted by atomic mass is 10.3. The maximum atomic E-state index is 8.83. The second-order valence-electron chi connectivity index (χ2n) is 4.02. The molecule has 0 aromatic carbocycles. The minimum atomic E-state index is 0.264. The number of thiazole rings is 1. The predicted molar refractivity (Wildman–Crippen MR) is 64.1 cm³/mol. The predicted octanol–water partition coefficient (Wildman–Crippen LogP) is 2.04. The number of hydrogen-bond donors (Lipinski definition) is 1. The van der Waals surface area contributed by atoms with Crippen molar-refractivity contribution in [1.29, 1.82) is 0 Å². The molecule has 0 fully saturated rings. The Morgan fingerprint density at radius 2 is 2.27 bits per heavy atom. The summed E-state index contributed by atoms with van der Waals surface area (Å²) in [5.74, 6) is 0. The number of aliphatic hydroxyl groups excluding tert-OH is 1. The monoisotopic (exact) mass is 228 g/mol. The molecule has 1 aromatic rings. The topological polar surface area (TPSA) is 36.4 Å². The highest BCUT2D eigenvalue weighted by Gasteiger charge is 2.11. The van der Waals surface area contributed by atoms with Crippen molar-refractivity contribution in [2.45, 2.75) is 39.8 Å². The molecule has 1 rings (SSSR count). The summed E-state index contributed by atoms with van der Waals surface area (Å²) in [4.78, 5) is 6.80. The van der Waals surface area contributed by atoms with Crippen LogP contribution in [-0.4, -0.2) is 34.2 Å². The van der Waals surface area contributed by atoms with Crippen LogP contribution in [0.25, 0.3) is 0 Å². The Morgan fingerprint density at radius 3 is 2.73 bits per heavy atom. The summed E-state index contributed by atoms with van der Waals surface area (Å²) in [6.45, 7) is 8.48. The molecule has 15 heavy (non-hydrogen) atoms. The molecule has 0 aliphatic heterocycles. The molecule has 0 radical (unpaired) electrons. The summed E-state index contributed by atoms with van der Waals surface area (Å²) < 4.78 is 0. The Bertz CT molecular complexity index is 286. The van der Waals surface area contributed by atoms with E-state index in [1.54, 1.807) is 11.3 Å². The number of aryl methyl sites for hydroxylation is 1. The number of aliphatic hydroxyl groups is 1. The van der Waals surface area contributed by atoms with Crippen LogP contribution in [0.15, 0.2) is 5.38 Å². The fourth-order valence-electron chi connectivity index (χ4n) is 1.44. The summed E-state index contributed by atoms with van der Waals surface area (Å²) in [5.41, 5.74) is 1.10. The van der Waals surface area contributed by atoms with Gasteiger partial charge in [0.15, 0.2) is 0 Å². The van der Waals surface area contributed by atoms with Gasteiger partial charge < -0.3 is 5.11 Å². The zero-order valence-corrected chi connectivity index (χ0v) is 10.5. The maximum Gasteiger partial charge on any atom is 0.107 e. The Morgan fingerprint density at radius 1 is 1.53 bits per heavy atom. The third kappa shape index (κ3) is 4.28. The molecular weight excluding hydrogens is 208 g/mol. The highest BCUT2D eigenvalue weighted by Crippen LogP contribution is 2.13. The Labute approximate surface area is 95.8 Å². The molecule has 4 heteroatoms. The van der Waals surface area contributed by atoms with Crippen molar-refractivity contribution in [2.75, 3.05) is 13.2 Å². The van der Waals surface area contributed by atoms with E-state index in [4.69, 9.17) is 5.11 Å². The first-order valence-corrected chi connectivity index (χ1v) is 6.27. The molecule has 1 aromatic heterocycles. The highest BCUT2D eigenvalue weighted by atomic mass is 32.1. The molecule has 86 valence electrons. The van der Waals surface area contributed by atoms with Crippen LogP contribution in [0.5, 0.6) is 0 Å². The van der Waals surface area contributed by atoms with E-state index in [2.05, 4.69) is 29.1 Å². The summed E-state index contributed by atoms with van der Waals surface area (Å²) >= 11 is 1.71. The van der Waals surface area contributed by atoms with Crippen molar-refractivity contribution in [3.8, 4) is 0 Å². The third-order valence-corrected chi connectivity index (χ3v) is 3.29. The summed E-state index contributed by atoms with van der Waals surface area (Å²) in [6, 6.07) is 0.501. The van der Waals surface area contributed by atoms with Crippen molar-refractivity contribution >= 4 is 11.3 Å². The van der Waals surface area contributed by atoms with Gasteiger partial charge in [0.25, 0.3) is 0 Å². The zero-order chi connectivity index (χ0) is 11.3. The number of aromatic nitrogens is 1. The Kier molecular flexibility index (Phi) is 5.22. The van der Waals surface area contributed by atoms with E-state index in [1.807, 2.05) is 6.92 Å². The van der Waals surface area contributed by atoms with E-state index in [9.17, 15) is 0 Å². The molecule has 0 bridgehead atoms. The van der Waals surface area contributed by atoms with E-state index >= 15 is 0 Å². The average molecular weight is 228 g/mol. The van der Waals surface area contributed by atoms with E-state index in [-0.39, 0.29) is 6.61 Å². The van der Waals surface area contributed by atoms with Crippen LogP contribution in [0.3, 0.4) is 0 Å². The number of hydrogen-bond acceptors (Lipinski definition) is 4. The van der Waals surface area contributed by atoms with Crippen molar-refractivity contribution < 1.29 is 5.11 Å². The van der Waals surface area contributed by atoms with Crippen LogP contribution in [-0.2, 0) is 6.54 Å². The van der Waals surface area contributed by atoms with E-state index < -0.39 is 0 Å². The van der Waals surface area contributed by atoms with Crippen molar-refractivity contribution in [3.63, 3.8) is 0 Å². The van der Waals surface area contributed by atoms with Gasteiger partial charge in [0.1, 0.15) is 5.01 Å². The Hall–Kier alpha value is -0.450. The van der Waals surface area contributed by atoms with Crippen LogP contribution in [0.1, 0.15) is 31.0 Å². The molecule has 0 atom stereocenters. The smallest absolute Gasteiger partial charge is 0.107 e. The van der Waals surface area contributed by atoms with Gasteiger partial charge in [-0.15, -0.1) is 11.3 Å². The maximum absolute atomic E-state index is 8.83. The number of rotatable bonds is 6. The summed E-state index contributed by atoms with van der Waals surface area (Å²) in [7, 11) is 0. The molecule has 1 N–H and O–H groups in total. The minimum absolute atomic E-state index is 0.264. The molecule has 3 nitrogen and oxygen atoms in total. The summed E-state index contributed by atoms with van der Waals surface area (Å²) in [6.07, 6.45) is 0.836. The van der Waals surface area contributed by atoms with Gasteiger partial charge in [-0.25, -0.2) is 4.98 Å². The molecule has 0 saturated carbocycles. The van der Waals surface area contributed by atoms with E-state index in [0.717, 1.165) is 25.2 Å². The SMILES string of the molecule is Cc1csc(CN(CCCO)C(C)C)n1. The van der Waals surface area contributed by atoms with Crippen molar-refractivity contribution in [3.05, 3.63) is 16.1 Å². The molecular formula is C11H20N2OS. The van der Waals surface area contributed by atoms with Crippen LogP contribution in [0, 0.1) is 6.92 Å². The van der Waals surface area contributed by atoms with E-state index in [0.29, 0.717) is 6.04 Å². The molecule has 0 unspecified atom stereocenters. The van der Waals surface area contributed by atoms with Crippen LogP contribution >= 0.6 is 11.3 Å². The lowest BCUT2D eigenvalue weighted by Crippen LogP contribution is -2.31. The first-order chi connectivity index (χ1) is 7.13. The minimum Gasteiger partial charge on any atom is -0.396 e. The van der Waals surface area contributed by atoms with Crippen LogP contribution in [0.2, 0.25) is 0 Å². The van der Waals surface area contributed by atoms with Crippen LogP contribution in [0.4, 0.5) is 0 Å². The average Bonchev–Trinajstić information content (AvgIpc) is 2.58. The standard InChI is InChI=1S/C11H20N2OS/c1-9(2)13(5-4-6-14)7-11-12-10(3)8-15-11/h8-9,14H,4-7H2,1-3H3. The van der Waals surface area contributed by atoms with Gasteiger partial charge in [0.2, 0.25) is 0 Å². The van der Waals surface area contributed by atoms with Gasteiger partial charge in [-0.05, 0) is 27.2 Å². The highest BCUT2D eigenvalue weighted by molar-refractivity contribution is 7.09. The van der Waals surface area contributed by atoms with Crippen molar-refractivity contribution in [2.24, 2.45) is 0 Å². The first-order valence-electron chi connectivity index (χ1n) is 5.39. The fraction of sp³-hybridized carbons (Fsp3) is 0.727. The lowest BCUT2D eigenvalue weighted by Gasteiger charge is -2.24. The molecule has 1 heterocycles. The fourth-order valence-corrected chi connectivity index (χ4v) is 2.24. The molecule has 0 amide bonds. The zero-order valence-electron chi connectivity index (χ0n) is 9.73. The Balaban J connectivity index is 2.50. The van der Waals surface area contributed by atoms with Gasteiger partial charge in [0.05, 0.1) is 6.54 Å². The second-order valence-corrected chi connectivity index (χ2v) is 4.97. The van der Waals surface area contributed by atoms with E-state index in [1.165, 1.54) is 5.01 Å². The largest absolute Gasteiger partial charge is 0.396 e. The van der Waals surface area contributed by atoms with Gasteiger partial charge in [-0.3, -0.25) is 4.90 Å². The van der Waals surface area contributed by atoms with Gasteiger partial charge >= 0.3 is 0 Å². The molecule has 0 aliphatic rings. The van der Waals surface area contributed by atoms with Crippen molar-refractivity contribution in [1.82, 2.24) is 9.88 Å². The lowest BCUT2D eigenvalue weighted by molar-refractivity contribution is 0.184. The van der Waals surface area contributed by atoms with Gasteiger partial charge in [-0.2, -0.15) is 0 Å². The molecule has 0 aliphatic carbocycles. The van der Waals surface area contributed by atoms with Gasteiger partial charge in [0, 0.05) is 30.3 Å². The number of nitrogens with zero attached hydrogens (tertiary/aromatic N) is 2. The van der Waals surface area contributed by atoms with Gasteiger partial charge in [-0.1, -0.05) is 0 Å². The summed E-state index contributed by atoms with van der Waals surface area (Å²) in [5, 5.41) is 12.1. The quantitative estimate of drug-likeness (QED) is 0.809.